The molecule has 1 aliphatic heterocycles. The summed E-state index contributed by atoms with van der Waals surface area (Å²) in [7, 11) is 0. The summed E-state index contributed by atoms with van der Waals surface area (Å²) in [5, 5.41) is 4.35. The molecule has 0 amide bonds. The van der Waals surface area contributed by atoms with Gasteiger partial charge in [-0.1, -0.05) is 48.9 Å². The van der Waals surface area contributed by atoms with Crippen molar-refractivity contribution in [2.45, 2.75) is 39.0 Å². The third-order valence-electron chi connectivity index (χ3n) is 4.86. The fourth-order valence-corrected chi connectivity index (χ4v) is 3.64. The molecule has 1 atom stereocenters. The first-order chi connectivity index (χ1) is 12.3. The lowest BCUT2D eigenvalue weighted by Crippen LogP contribution is -2.37. The largest absolute Gasteiger partial charge is 0.489 e. The minimum absolute atomic E-state index is 0.490. The zero-order chi connectivity index (χ0) is 17.5. The van der Waals surface area contributed by atoms with Crippen molar-refractivity contribution in [3.63, 3.8) is 0 Å². The summed E-state index contributed by atoms with van der Waals surface area (Å²) >= 11 is 6.18. The Kier molecular flexibility index (Phi) is 6.74. The molecule has 0 aliphatic carbocycles. The highest BCUT2D eigenvalue weighted by molar-refractivity contribution is 6.31. The van der Waals surface area contributed by atoms with E-state index in [0.29, 0.717) is 12.6 Å². The van der Waals surface area contributed by atoms with Gasteiger partial charge in [0.05, 0.1) is 0 Å². The second kappa shape index (κ2) is 9.23. The van der Waals surface area contributed by atoms with Crippen LogP contribution in [0.25, 0.3) is 0 Å². The van der Waals surface area contributed by atoms with E-state index in [0.717, 1.165) is 36.0 Å². The fraction of sp³-hybridized carbons (Fsp3) is 0.429. The molecule has 2 aromatic rings. The molecule has 2 aromatic carbocycles. The van der Waals surface area contributed by atoms with Crippen LogP contribution in [0.5, 0.6) is 5.75 Å². The molecule has 1 N–H and O–H groups in total. The number of benzene rings is 2. The van der Waals surface area contributed by atoms with Crippen molar-refractivity contribution in [1.82, 2.24) is 10.2 Å². The summed E-state index contributed by atoms with van der Waals surface area (Å²) in [6, 6.07) is 16.8. The topological polar surface area (TPSA) is 24.5 Å². The lowest BCUT2D eigenvalue weighted by molar-refractivity contribution is 0.260. The Morgan fingerprint density at radius 3 is 2.92 bits per heavy atom. The minimum atomic E-state index is 0.490. The van der Waals surface area contributed by atoms with Gasteiger partial charge >= 0.3 is 0 Å². The van der Waals surface area contributed by atoms with Gasteiger partial charge in [0.1, 0.15) is 12.4 Å². The molecule has 25 heavy (non-hydrogen) atoms. The zero-order valence-corrected chi connectivity index (χ0v) is 15.6. The molecule has 0 aromatic heterocycles. The normalized spacial score (nSPS) is 17.8. The van der Waals surface area contributed by atoms with Crippen LogP contribution in [-0.4, -0.2) is 30.6 Å². The Balaban J connectivity index is 1.49. The smallest absolute Gasteiger partial charge is 0.120 e. The Labute approximate surface area is 155 Å². The average Bonchev–Trinajstić information content (AvgIpc) is 3.09. The highest BCUT2D eigenvalue weighted by Crippen LogP contribution is 2.20. The average molecular weight is 359 g/mol. The molecule has 134 valence electrons. The van der Waals surface area contributed by atoms with Crippen molar-refractivity contribution >= 4 is 11.6 Å². The van der Waals surface area contributed by atoms with Crippen LogP contribution >= 0.6 is 11.6 Å². The molecule has 0 unspecified atom stereocenters. The van der Waals surface area contributed by atoms with E-state index in [2.05, 4.69) is 29.3 Å². The molecule has 0 spiro atoms. The molecule has 3 nitrogen and oxygen atoms in total. The molecule has 1 saturated heterocycles. The van der Waals surface area contributed by atoms with Gasteiger partial charge in [0.25, 0.3) is 0 Å². The Morgan fingerprint density at radius 2 is 2.08 bits per heavy atom. The van der Waals surface area contributed by atoms with Gasteiger partial charge in [0.2, 0.25) is 0 Å². The monoisotopic (exact) mass is 358 g/mol. The maximum Gasteiger partial charge on any atom is 0.120 e. The molecular formula is C21H27ClN2O. The highest BCUT2D eigenvalue weighted by Gasteiger charge is 2.21. The minimum Gasteiger partial charge on any atom is -0.489 e. The third-order valence-corrected chi connectivity index (χ3v) is 5.23. The molecular weight excluding hydrogens is 332 g/mol. The number of hydrogen-bond acceptors (Lipinski definition) is 3. The number of rotatable bonds is 8. The van der Waals surface area contributed by atoms with Gasteiger partial charge in [-0.15, -0.1) is 0 Å². The number of ether oxygens (including phenoxy) is 1. The van der Waals surface area contributed by atoms with Gasteiger partial charge in [0.15, 0.2) is 0 Å². The SMILES string of the molecule is CCN1CCC[C@H]1CNCc1cccc(OCc2ccccc2Cl)c1. The lowest BCUT2D eigenvalue weighted by Gasteiger charge is -2.23. The first-order valence-corrected chi connectivity index (χ1v) is 9.54. The van der Waals surface area contributed by atoms with E-state index in [-0.39, 0.29) is 0 Å². The van der Waals surface area contributed by atoms with Crippen LogP contribution in [0, 0.1) is 0 Å². The van der Waals surface area contributed by atoms with Crippen molar-refractivity contribution in [2.75, 3.05) is 19.6 Å². The number of halogens is 1. The third kappa shape index (κ3) is 5.21. The van der Waals surface area contributed by atoms with Crippen LogP contribution in [0.2, 0.25) is 5.02 Å². The Bertz CT molecular complexity index is 676. The summed E-state index contributed by atoms with van der Waals surface area (Å²) in [5.41, 5.74) is 2.26. The maximum absolute atomic E-state index is 6.18. The van der Waals surface area contributed by atoms with E-state index in [1.165, 1.54) is 24.9 Å². The Morgan fingerprint density at radius 1 is 1.20 bits per heavy atom. The number of nitrogens with zero attached hydrogens (tertiary/aromatic N) is 1. The standard InChI is InChI=1S/C21H27ClN2O/c1-2-24-12-6-9-19(24)15-23-14-17-7-5-10-20(13-17)25-16-18-8-3-4-11-21(18)22/h3-5,7-8,10-11,13,19,23H,2,6,9,12,14-16H2,1H3/t19-/m0/s1. The number of nitrogens with one attached hydrogen (secondary N) is 1. The van der Waals surface area contributed by atoms with Gasteiger partial charge in [-0.3, -0.25) is 4.90 Å². The van der Waals surface area contributed by atoms with Crippen LogP contribution in [-0.2, 0) is 13.2 Å². The molecule has 0 bridgehead atoms. The van der Waals surface area contributed by atoms with Crippen molar-refractivity contribution in [1.29, 1.82) is 0 Å². The van der Waals surface area contributed by atoms with Crippen molar-refractivity contribution in [2.24, 2.45) is 0 Å². The van der Waals surface area contributed by atoms with E-state index >= 15 is 0 Å². The van der Waals surface area contributed by atoms with Crippen LogP contribution in [0.4, 0.5) is 0 Å². The second-order valence-electron chi connectivity index (χ2n) is 6.58. The fourth-order valence-electron chi connectivity index (χ4n) is 3.45. The molecule has 1 fully saturated rings. The van der Waals surface area contributed by atoms with E-state index in [9.17, 15) is 0 Å². The summed E-state index contributed by atoms with van der Waals surface area (Å²) in [6.45, 7) is 7.06. The van der Waals surface area contributed by atoms with Crippen LogP contribution in [0.1, 0.15) is 30.9 Å². The maximum atomic E-state index is 6.18. The van der Waals surface area contributed by atoms with Crippen molar-refractivity contribution in [3.05, 3.63) is 64.7 Å². The van der Waals surface area contributed by atoms with E-state index < -0.39 is 0 Å². The van der Waals surface area contributed by atoms with Gasteiger partial charge in [0, 0.05) is 29.7 Å². The molecule has 4 heteroatoms. The van der Waals surface area contributed by atoms with Crippen LogP contribution in [0.15, 0.2) is 48.5 Å². The molecule has 3 rings (SSSR count). The second-order valence-corrected chi connectivity index (χ2v) is 6.99. The van der Waals surface area contributed by atoms with Gasteiger partial charge in [-0.05, 0) is 49.7 Å². The van der Waals surface area contributed by atoms with Gasteiger partial charge in [-0.25, -0.2) is 0 Å². The summed E-state index contributed by atoms with van der Waals surface area (Å²) in [6.07, 6.45) is 2.63. The van der Waals surface area contributed by atoms with E-state index in [4.69, 9.17) is 16.3 Å². The van der Waals surface area contributed by atoms with Crippen molar-refractivity contribution < 1.29 is 4.74 Å². The molecule has 1 heterocycles. The van der Waals surface area contributed by atoms with Gasteiger partial charge < -0.3 is 10.1 Å². The first-order valence-electron chi connectivity index (χ1n) is 9.16. The summed E-state index contributed by atoms with van der Waals surface area (Å²) in [5.74, 6) is 0.885. The summed E-state index contributed by atoms with van der Waals surface area (Å²) in [4.78, 5) is 2.57. The Hall–Kier alpha value is -1.55. The highest BCUT2D eigenvalue weighted by atomic mass is 35.5. The summed E-state index contributed by atoms with van der Waals surface area (Å²) < 4.78 is 5.91. The zero-order valence-electron chi connectivity index (χ0n) is 14.9. The quantitative estimate of drug-likeness (QED) is 0.752. The predicted octanol–water partition coefficient (Wildman–Crippen LogP) is 4.49. The lowest BCUT2D eigenvalue weighted by atomic mass is 10.2. The molecule has 1 aliphatic rings. The predicted molar refractivity (Wildman–Crippen MR) is 104 cm³/mol. The van der Waals surface area contributed by atoms with Crippen molar-refractivity contribution in [3.8, 4) is 5.75 Å². The number of likely N-dealkylation sites (N-methyl/N-ethyl adjacent to an activating group) is 1. The number of likely N-dealkylation sites (tertiary alicyclic amines) is 1. The molecule has 0 saturated carbocycles. The van der Waals surface area contributed by atoms with Crippen LogP contribution < -0.4 is 10.1 Å². The van der Waals surface area contributed by atoms with E-state index in [1.54, 1.807) is 0 Å². The first kappa shape index (κ1) is 18.2. The molecule has 0 radical (unpaired) electrons. The van der Waals surface area contributed by atoms with Gasteiger partial charge in [-0.2, -0.15) is 0 Å². The van der Waals surface area contributed by atoms with Crippen LogP contribution in [0.3, 0.4) is 0 Å². The van der Waals surface area contributed by atoms with E-state index in [1.807, 2.05) is 36.4 Å². The number of hydrogen-bond donors (Lipinski definition) is 1.